The summed E-state index contributed by atoms with van der Waals surface area (Å²) in [5, 5.41) is 3.53. The van der Waals surface area contributed by atoms with Gasteiger partial charge in [0.05, 0.1) is 12.7 Å². The molecule has 3 rings (SSSR count). The van der Waals surface area contributed by atoms with Crippen LogP contribution in [0.4, 0.5) is 5.69 Å². The van der Waals surface area contributed by atoms with E-state index >= 15 is 0 Å². The Morgan fingerprint density at radius 1 is 1.00 bits per heavy atom. The molecule has 132 valence electrons. The first-order valence-electron chi connectivity index (χ1n) is 7.71. The van der Waals surface area contributed by atoms with E-state index in [1.807, 2.05) is 24.3 Å². The first-order chi connectivity index (χ1) is 12.6. The van der Waals surface area contributed by atoms with Gasteiger partial charge in [0.15, 0.2) is 6.61 Å². The van der Waals surface area contributed by atoms with Crippen LogP contribution in [-0.4, -0.2) is 31.6 Å². The molecule has 1 N–H and O–H groups in total. The molecule has 2 aromatic carbocycles. The highest BCUT2D eigenvalue weighted by atomic mass is 32.1. The van der Waals surface area contributed by atoms with E-state index in [-0.39, 0.29) is 0 Å². The van der Waals surface area contributed by atoms with Crippen molar-refractivity contribution in [2.75, 3.05) is 19.0 Å². The van der Waals surface area contributed by atoms with Crippen LogP contribution in [0.2, 0.25) is 0 Å². The lowest BCUT2D eigenvalue weighted by Crippen LogP contribution is -2.20. The number of hydrogen-bond donors (Lipinski definition) is 1. The molecule has 0 bridgehead atoms. The first-order valence-corrected chi connectivity index (χ1v) is 8.52. The Labute approximate surface area is 153 Å². The molecular formula is C19H15NO5S. The quantitative estimate of drug-likeness (QED) is 0.696. The maximum atomic E-state index is 12.1. The minimum absolute atomic E-state index is 0.313. The van der Waals surface area contributed by atoms with E-state index in [0.29, 0.717) is 16.1 Å². The zero-order valence-corrected chi connectivity index (χ0v) is 14.7. The average Bonchev–Trinajstić information content (AvgIpc) is 3.10. The summed E-state index contributed by atoms with van der Waals surface area (Å²) in [4.78, 5) is 36.0. The summed E-state index contributed by atoms with van der Waals surface area (Å²) < 4.78 is 10.7. The van der Waals surface area contributed by atoms with Crippen LogP contribution < -0.4 is 5.32 Å². The van der Waals surface area contributed by atoms with Gasteiger partial charge in [-0.05, 0) is 35.7 Å². The minimum atomic E-state index is -0.551. The fourth-order valence-electron chi connectivity index (χ4n) is 2.32. The maximum Gasteiger partial charge on any atom is 0.348 e. The summed E-state index contributed by atoms with van der Waals surface area (Å²) >= 11 is 1.31. The van der Waals surface area contributed by atoms with Crippen LogP contribution in [0.15, 0.2) is 54.6 Å². The van der Waals surface area contributed by atoms with Crippen LogP contribution in [-0.2, 0) is 14.3 Å². The molecule has 0 atom stereocenters. The van der Waals surface area contributed by atoms with Gasteiger partial charge in [-0.1, -0.05) is 24.3 Å². The lowest BCUT2D eigenvalue weighted by atomic mass is 10.2. The molecule has 0 aliphatic carbocycles. The molecule has 0 saturated heterocycles. The highest BCUT2D eigenvalue weighted by Crippen LogP contribution is 2.25. The lowest BCUT2D eigenvalue weighted by Gasteiger charge is -2.07. The summed E-state index contributed by atoms with van der Waals surface area (Å²) in [5.41, 5.74) is 0.725. The van der Waals surface area contributed by atoms with Crippen LogP contribution in [0.5, 0.6) is 0 Å². The van der Waals surface area contributed by atoms with Crippen molar-refractivity contribution in [1.82, 2.24) is 0 Å². The van der Waals surface area contributed by atoms with Crippen LogP contribution in [0.3, 0.4) is 0 Å². The normalized spacial score (nSPS) is 10.3. The number of hydrogen-bond acceptors (Lipinski definition) is 6. The van der Waals surface area contributed by atoms with Gasteiger partial charge < -0.3 is 14.8 Å². The second kappa shape index (κ2) is 7.79. The number of esters is 2. The summed E-state index contributed by atoms with van der Waals surface area (Å²) in [6.45, 7) is -0.421. The molecule has 0 spiro atoms. The molecule has 0 aliphatic rings. The third-order valence-electron chi connectivity index (χ3n) is 3.53. The van der Waals surface area contributed by atoms with Crippen molar-refractivity contribution in [3.63, 3.8) is 0 Å². The Morgan fingerprint density at radius 3 is 2.58 bits per heavy atom. The largest absolute Gasteiger partial charge is 0.465 e. The Balaban J connectivity index is 1.58. The molecule has 1 heterocycles. The van der Waals surface area contributed by atoms with Gasteiger partial charge in [0.2, 0.25) is 0 Å². The van der Waals surface area contributed by atoms with E-state index < -0.39 is 24.5 Å². The predicted octanol–water partition coefficient (Wildman–Crippen LogP) is 3.48. The number of nitrogens with one attached hydrogen (secondary N) is 1. The molecule has 1 aromatic heterocycles. The number of ether oxygens (including phenoxy) is 2. The van der Waals surface area contributed by atoms with Crippen molar-refractivity contribution in [2.24, 2.45) is 0 Å². The molecule has 0 saturated carbocycles. The number of amides is 1. The first kappa shape index (κ1) is 17.6. The zero-order valence-electron chi connectivity index (χ0n) is 13.9. The molecule has 0 radical (unpaired) electrons. The van der Waals surface area contributed by atoms with Gasteiger partial charge in [-0.3, -0.25) is 4.79 Å². The Morgan fingerprint density at radius 2 is 1.81 bits per heavy atom. The molecular weight excluding hydrogens is 354 g/mol. The molecule has 0 unspecified atom stereocenters. The summed E-state index contributed by atoms with van der Waals surface area (Å²) in [5.74, 6) is -1.55. The van der Waals surface area contributed by atoms with Gasteiger partial charge >= 0.3 is 11.9 Å². The van der Waals surface area contributed by atoms with Gasteiger partial charge in [-0.15, -0.1) is 11.3 Å². The van der Waals surface area contributed by atoms with E-state index in [9.17, 15) is 14.4 Å². The SMILES string of the molecule is COC(=O)c1cccc(NC(=O)COC(=O)c2cc3ccccc3s2)c1. The van der Waals surface area contributed by atoms with Gasteiger partial charge in [-0.2, -0.15) is 0 Å². The molecule has 1 amide bonds. The Bertz CT molecular complexity index is 946. The van der Waals surface area contributed by atoms with E-state index in [4.69, 9.17) is 4.74 Å². The van der Waals surface area contributed by atoms with Gasteiger partial charge in [0, 0.05) is 10.4 Å². The average molecular weight is 369 g/mol. The molecule has 6 nitrogen and oxygen atoms in total. The van der Waals surface area contributed by atoms with Gasteiger partial charge in [0.1, 0.15) is 4.88 Å². The number of carbonyl (C=O) groups is 3. The molecule has 3 aromatic rings. The third-order valence-corrected chi connectivity index (χ3v) is 4.62. The smallest absolute Gasteiger partial charge is 0.348 e. The number of rotatable bonds is 5. The summed E-state index contributed by atoms with van der Waals surface area (Å²) in [6, 6.07) is 15.6. The second-order valence-electron chi connectivity index (χ2n) is 5.35. The molecule has 0 fully saturated rings. The van der Waals surface area contributed by atoms with Crippen molar-refractivity contribution in [1.29, 1.82) is 0 Å². The van der Waals surface area contributed by atoms with Crippen molar-refractivity contribution in [3.8, 4) is 0 Å². The summed E-state index contributed by atoms with van der Waals surface area (Å²) in [7, 11) is 1.28. The van der Waals surface area contributed by atoms with Gasteiger partial charge in [0.25, 0.3) is 5.91 Å². The van der Waals surface area contributed by atoms with Crippen LogP contribution in [0.25, 0.3) is 10.1 Å². The monoisotopic (exact) mass is 369 g/mol. The number of benzene rings is 2. The number of anilines is 1. The zero-order chi connectivity index (χ0) is 18.5. The van der Waals surface area contributed by atoms with E-state index in [1.54, 1.807) is 24.3 Å². The highest BCUT2D eigenvalue weighted by molar-refractivity contribution is 7.20. The van der Waals surface area contributed by atoms with E-state index in [0.717, 1.165) is 10.1 Å². The van der Waals surface area contributed by atoms with Crippen molar-refractivity contribution in [3.05, 3.63) is 65.0 Å². The maximum absolute atomic E-state index is 12.1. The van der Waals surface area contributed by atoms with Crippen LogP contribution in [0, 0.1) is 0 Å². The fraction of sp³-hybridized carbons (Fsp3) is 0.105. The second-order valence-corrected chi connectivity index (χ2v) is 6.43. The highest BCUT2D eigenvalue weighted by Gasteiger charge is 2.14. The standard InChI is InChI=1S/C19H15NO5S/c1-24-18(22)13-6-4-7-14(9-13)20-17(21)11-25-19(23)16-10-12-5-2-3-8-15(12)26-16/h2-10H,11H2,1H3,(H,20,21). The molecule has 7 heteroatoms. The topological polar surface area (TPSA) is 81.7 Å². The predicted molar refractivity (Wildman–Crippen MR) is 98.5 cm³/mol. The van der Waals surface area contributed by atoms with Crippen molar-refractivity contribution < 1.29 is 23.9 Å². The summed E-state index contributed by atoms with van der Waals surface area (Å²) in [6.07, 6.45) is 0. The number of carbonyl (C=O) groups excluding carboxylic acids is 3. The lowest BCUT2D eigenvalue weighted by molar-refractivity contribution is -0.119. The Hall–Kier alpha value is -3.19. The third kappa shape index (κ3) is 4.07. The van der Waals surface area contributed by atoms with E-state index in [1.165, 1.54) is 24.5 Å². The van der Waals surface area contributed by atoms with Crippen LogP contribution >= 0.6 is 11.3 Å². The van der Waals surface area contributed by atoms with Gasteiger partial charge in [-0.25, -0.2) is 9.59 Å². The molecule has 0 aliphatic heterocycles. The van der Waals surface area contributed by atoms with E-state index in [2.05, 4.69) is 10.1 Å². The molecule has 26 heavy (non-hydrogen) atoms. The fourth-order valence-corrected chi connectivity index (χ4v) is 3.28. The Kier molecular flexibility index (Phi) is 5.28. The number of methoxy groups -OCH3 is 1. The number of thiophene rings is 1. The van der Waals surface area contributed by atoms with Crippen LogP contribution in [0.1, 0.15) is 20.0 Å². The van der Waals surface area contributed by atoms with Crippen molar-refractivity contribution >= 4 is 45.0 Å². The minimum Gasteiger partial charge on any atom is -0.465 e. The van der Waals surface area contributed by atoms with Crippen molar-refractivity contribution in [2.45, 2.75) is 0 Å². The number of fused-ring (bicyclic) bond motifs is 1.